The first-order chi connectivity index (χ1) is 8.08. The molecule has 4 nitrogen and oxygen atoms in total. The number of hydrogen-bond acceptors (Lipinski definition) is 4. The number of carbonyl (C=O) groups excluding carboxylic acids is 2. The Kier molecular flexibility index (Phi) is 8.20. The first-order valence-corrected chi connectivity index (χ1v) is 7.12. The van der Waals surface area contributed by atoms with Crippen molar-refractivity contribution in [2.45, 2.75) is 26.7 Å². The molecule has 0 aromatic rings. The fourth-order valence-electron chi connectivity index (χ4n) is 1.50. The predicted molar refractivity (Wildman–Crippen MR) is 74.0 cm³/mol. The molecule has 0 bridgehead atoms. The fourth-order valence-corrected chi connectivity index (χ4v) is 2.42. The predicted octanol–water partition coefficient (Wildman–Crippen LogP) is 2.50. The van der Waals surface area contributed by atoms with Gasteiger partial charge in [-0.05, 0) is 26.7 Å². The van der Waals surface area contributed by atoms with Crippen LogP contribution in [0.15, 0.2) is 12.7 Å². The number of allylic oxidation sites excluding steroid dienone is 1. The topological polar surface area (TPSA) is 52.6 Å². The van der Waals surface area contributed by atoms with Crippen LogP contribution in [0.25, 0.3) is 0 Å². The average molecular weight is 354 g/mol. The summed E-state index contributed by atoms with van der Waals surface area (Å²) in [5, 5.41) is 0. The maximum Gasteiger partial charge on any atom is 0.323 e. The zero-order valence-corrected chi connectivity index (χ0v) is 12.5. The quantitative estimate of drug-likeness (QED) is 0.221. The summed E-state index contributed by atoms with van der Waals surface area (Å²) in [6.45, 7) is 7.52. The molecule has 0 N–H and O–H groups in total. The maximum atomic E-state index is 12.0. The second kappa shape index (κ2) is 8.49. The van der Waals surface area contributed by atoms with Gasteiger partial charge in [-0.3, -0.25) is 9.59 Å². The van der Waals surface area contributed by atoms with Crippen molar-refractivity contribution in [2.24, 2.45) is 5.41 Å². The molecule has 0 saturated heterocycles. The van der Waals surface area contributed by atoms with Crippen molar-refractivity contribution < 1.29 is 19.1 Å². The second-order valence-electron chi connectivity index (χ2n) is 3.45. The largest absolute Gasteiger partial charge is 0.465 e. The van der Waals surface area contributed by atoms with Gasteiger partial charge >= 0.3 is 11.9 Å². The molecule has 0 aromatic carbocycles. The van der Waals surface area contributed by atoms with Crippen LogP contribution in [0.4, 0.5) is 0 Å². The molecule has 0 unspecified atom stereocenters. The lowest BCUT2D eigenvalue weighted by Crippen LogP contribution is -2.42. The summed E-state index contributed by atoms with van der Waals surface area (Å²) in [4.78, 5) is 24.0. The number of esters is 2. The molecular formula is C12H19IO4. The number of carbonyl (C=O) groups is 2. The van der Waals surface area contributed by atoms with Gasteiger partial charge in [0, 0.05) is 4.43 Å². The minimum Gasteiger partial charge on any atom is -0.465 e. The van der Waals surface area contributed by atoms with Crippen molar-refractivity contribution in [3.8, 4) is 0 Å². The lowest BCUT2D eigenvalue weighted by atomic mass is 9.81. The van der Waals surface area contributed by atoms with Crippen LogP contribution in [0.3, 0.4) is 0 Å². The Labute approximate surface area is 116 Å². The van der Waals surface area contributed by atoms with Gasteiger partial charge in [-0.2, -0.15) is 0 Å². The number of hydrogen-bond donors (Lipinski definition) is 0. The molecule has 98 valence electrons. The van der Waals surface area contributed by atoms with Gasteiger partial charge < -0.3 is 9.47 Å². The molecule has 0 aromatic heterocycles. The van der Waals surface area contributed by atoms with Crippen molar-refractivity contribution >= 4 is 34.5 Å². The first kappa shape index (κ1) is 16.4. The van der Waals surface area contributed by atoms with Crippen molar-refractivity contribution in [2.75, 3.05) is 17.6 Å². The molecule has 0 spiro atoms. The van der Waals surface area contributed by atoms with Crippen molar-refractivity contribution in [3.63, 3.8) is 0 Å². The number of rotatable bonds is 8. The summed E-state index contributed by atoms with van der Waals surface area (Å²) in [5.41, 5.74) is -1.23. The Morgan fingerprint density at radius 2 is 1.71 bits per heavy atom. The normalized spacial score (nSPS) is 10.8. The van der Waals surface area contributed by atoms with Crippen molar-refractivity contribution in [1.82, 2.24) is 0 Å². The molecule has 0 heterocycles. The molecule has 0 atom stereocenters. The van der Waals surface area contributed by atoms with E-state index >= 15 is 0 Å². The third kappa shape index (κ3) is 4.29. The van der Waals surface area contributed by atoms with E-state index in [9.17, 15) is 9.59 Å². The molecule has 5 heteroatoms. The first-order valence-electron chi connectivity index (χ1n) is 5.60. The maximum absolute atomic E-state index is 12.0. The van der Waals surface area contributed by atoms with Gasteiger partial charge in [0.2, 0.25) is 0 Å². The third-order valence-corrected chi connectivity index (χ3v) is 2.89. The van der Waals surface area contributed by atoms with Crippen LogP contribution in [0, 0.1) is 5.41 Å². The Balaban J connectivity index is 5.16. The van der Waals surface area contributed by atoms with E-state index in [0.717, 1.165) is 0 Å². The molecule has 0 saturated carbocycles. The Bertz CT molecular complexity index is 258. The van der Waals surface area contributed by atoms with Crippen LogP contribution >= 0.6 is 22.6 Å². The molecule has 0 fully saturated rings. The monoisotopic (exact) mass is 354 g/mol. The summed E-state index contributed by atoms with van der Waals surface area (Å²) in [6, 6.07) is 0. The summed E-state index contributed by atoms with van der Waals surface area (Å²) in [5.74, 6) is -1.04. The van der Waals surface area contributed by atoms with Gasteiger partial charge in [-0.15, -0.1) is 6.58 Å². The average Bonchev–Trinajstić information content (AvgIpc) is 2.29. The molecule has 0 rings (SSSR count). The zero-order chi connectivity index (χ0) is 13.3. The zero-order valence-electron chi connectivity index (χ0n) is 10.3. The number of halogens is 1. The van der Waals surface area contributed by atoms with Crippen LogP contribution in [-0.4, -0.2) is 29.6 Å². The minimum atomic E-state index is -1.23. The van der Waals surface area contributed by atoms with Gasteiger partial charge in [-0.1, -0.05) is 28.7 Å². The van der Waals surface area contributed by atoms with E-state index < -0.39 is 17.4 Å². The van der Waals surface area contributed by atoms with E-state index in [1.165, 1.54) is 0 Å². The van der Waals surface area contributed by atoms with E-state index in [-0.39, 0.29) is 19.6 Å². The third-order valence-electron chi connectivity index (χ3n) is 2.35. The van der Waals surface area contributed by atoms with Crippen LogP contribution in [-0.2, 0) is 19.1 Å². The lowest BCUT2D eigenvalue weighted by molar-refractivity contribution is -0.172. The van der Waals surface area contributed by atoms with Crippen LogP contribution < -0.4 is 0 Å². The summed E-state index contributed by atoms with van der Waals surface area (Å²) in [7, 11) is 0. The highest BCUT2D eigenvalue weighted by Gasteiger charge is 2.47. The standard InChI is InChI=1S/C12H19IO4/c1-4-7-12(8-9-13,10(14)16-5-2)11(15)17-6-3/h4H,1,5-9H2,2-3H3. The van der Waals surface area contributed by atoms with E-state index in [1.54, 1.807) is 19.9 Å². The van der Waals surface area contributed by atoms with Gasteiger partial charge in [0.1, 0.15) is 0 Å². The molecule has 0 radical (unpaired) electrons. The highest BCUT2D eigenvalue weighted by molar-refractivity contribution is 14.1. The molecule has 17 heavy (non-hydrogen) atoms. The second-order valence-corrected chi connectivity index (χ2v) is 4.53. The number of alkyl halides is 1. The molecule has 0 amide bonds. The van der Waals surface area contributed by atoms with Gasteiger partial charge in [0.15, 0.2) is 5.41 Å². The van der Waals surface area contributed by atoms with Crippen LogP contribution in [0.1, 0.15) is 26.7 Å². The Hall–Kier alpha value is -0.590. The highest BCUT2D eigenvalue weighted by atomic mass is 127. The molecule has 0 aliphatic rings. The summed E-state index contributed by atoms with van der Waals surface area (Å²) < 4.78 is 10.6. The van der Waals surface area contributed by atoms with Gasteiger partial charge in [0.25, 0.3) is 0 Å². The van der Waals surface area contributed by atoms with Crippen LogP contribution in [0.5, 0.6) is 0 Å². The smallest absolute Gasteiger partial charge is 0.323 e. The van der Waals surface area contributed by atoms with E-state index in [1.807, 2.05) is 0 Å². The van der Waals surface area contributed by atoms with Crippen molar-refractivity contribution in [3.05, 3.63) is 12.7 Å². The SMILES string of the molecule is C=CCC(CCI)(C(=O)OCC)C(=O)OCC. The number of ether oxygens (including phenoxy) is 2. The summed E-state index contributed by atoms with van der Waals surface area (Å²) >= 11 is 2.13. The van der Waals surface area contributed by atoms with E-state index in [4.69, 9.17) is 9.47 Å². The molecular weight excluding hydrogens is 335 g/mol. The fraction of sp³-hybridized carbons (Fsp3) is 0.667. The highest BCUT2D eigenvalue weighted by Crippen LogP contribution is 2.32. The summed E-state index contributed by atoms with van der Waals surface area (Å²) in [6.07, 6.45) is 2.20. The van der Waals surface area contributed by atoms with E-state index in [2.05, 4.69) is 29.2 Å². The van der Waals surface area contributed by atoms with Gasteiger partial charge in [0.05, 0.1) is 13.2 Å². The Morgan fingerprint density at radius 3 is 2.00 bits per heavy atom. The molecule has 0 aliphatic heterocycles. The van der Waals surface area contributed by atoms with Crippen LogP contribution in [0.2, 0.25) is 0 Å². The van der Waals surface area contributed by atoms with E-state index in [0.29, 0.717) is 10.8 Å². The Morgan fingerprint density at radius 1 is 1.24 bits per heavy atom. The van der Waals surface area contributed by atoms with Gasteiger partial charge in [-0.25, -0.2) is 0 Å². The minimum absolute atomic E-state index is 0.244. The molecule has 0 aliphatic carbocycles. The van der Waals surface area contributed by atoms with Crippen molar-refractivity contribution in [1.29, 1.82) is 0 Å². The lowest BCUT2D eigenvalue weighted by Gasteiger charge is -2.27.